The van der Waals surface area contributed by atoms with Gasteiger partial charge in [-0.2, -0.15) is 0 Å². The predicted molar refractivity (Wildman–Crippen MR) is 37.7 cm³/mol. The van der Waals surface area contributed by atoms with Crippen molar-refractivity contribution in [2.24, 2.45) is 5.73 Å². The lowest BCUT2D eigenvalue weighted by Gasteiger charge is -2.22. The molecule has 5 heteroatoms. The van der Waals surface area contributed by atoms with Crippen molar-refractivity contribution in [2.45, 2.75) is 31.3 Å². The van der Waals surface area contributed by atoms with Gasteiger partial charge in [-0.3, -0.25) is 0 Å². The lowest BCUT2D eigenvalue weighted by atomic mass is 10.0. The van der Waals surface area contributed by atoms with Crippen LogP contribution in [0.15, 0.2) is 0 Å². The van der Waals surface area contributed by atoms with Crippen LogP contribution in [0.5, 0.6) is 0 Å². The van der Waals surface area contributed by atoms with Crippen LogP contribution in [0, 0.1) is 0 Å². The van der Waals surface area contributed by atoms with Gasteiger partial charge in [-0.25, -0.2) is 0 Å². The zero-order chi connectivity index (χ0) is 9.02. The first-order valence-corrected chi connectivity index (χ1v) is 3.25. The maximum absolute atomic E-state index is 9.95. The monoisotopic (exact) mass is 163 g/mol. The first-order valence-electron chi connectivity index (χ1n) is 3.25. The van der Waals surface area contributed by atoms with Gasteiger partial charge >= 0.3 is 0 Å². The van der Waals surface area contributed by atoms with Crippen LogP contribution in [0.1, 0.15) is 6.92 Å². The van der Waals surface area contributed by atoms with Crippen LogP contribution < -0.4 is 5.73 Å². The Balaban J connectivity index is 4.00. The number of aliphatic hydroxyl groups excluding tert-OH is 3. The number of carbonyl (C=O) groups is 1. The summed E-state index contributed by atoms with van der Waals surface area (Å²) in [5.74, 6) is 0. The molecule has 5 nitrogen and oxygen atoms in total. The fourth-order valence-electron chi connectivity index (χ4n) is 0.614. The number of aldehydes is 1. The Hall–Kier alpha value is -0.490. The van der Waals surface area contributed by atoms with Gasteiger partial charge in [-0.1, -0.05) is 0 Å². The molecule has 0 heterocycles. The third-order valence-corrected chi connectivity index (χ3v) is 1.42. The molecule has 0 fully saturated rings. The highest BCUT2D eigenvalue weighted by atomic mass is 16.3. The van der Waals surface area contributed by atoms with E-state index in [0.29, 0.717) is 0 Å². The second-order valence-electron chi connectivity index (χ2n) is 2.44. The van der Waals surface area contributed by atoms with Crippen molar-refractivity contribution >= 4 is 6.29 Å². The molecule has 11 heavy (non-hydrogen) atoms. The van der Waals surface area contributed by atoms with Crippen molar-refractivity contribution in [3.8, 4) is 0 Å². The lowest BCUT2D eigenvalue weighted by Crippen LogP contribution is -2.50. The van der Waals surface area contributed by atoms with Gasteiger partial charge in [0, 0.05) is 0 Å². The summed E-state index contributed by atoms with van der Waals surface area (Å²) in [6.45, 7) is 1.32. The van der Waals surface area contributed by atoms with Crippen LogP contribution in [0.2, 0.25) is 0 Å². The van der Waals surface area contributed by atoms with E-state index in [2.05, 4.69) is 0 Å². The number of hydrogen-bond donors (Lipinski definition) is 4. The van der Waals surface area contributed by atoms with Gasteiger partial charge in [-0.15, -0.1) is 0 Å². The summed E-state index contributed by atoms with van der Waals surface area (Å²) < 4.78 is 0. The molecule has 66 valence electrons. The van der Waals surface area contributed by atoms with Crippen molar-refractivity contribution in [1.29, 1.82) is 0 Å². The number of nitrogens with two attached hydrogens (primary N) is 1. The molecule has 0 aliphatic heterocycles. The average molecular weight is 163 g/mol. The molecule has 0 aromatic rings. The van der Waals surface area contributed by atoms with Crippen LogP contribution in [0.4, 0.5) is 0 Å². The lowest BCUT2D eigenvalue weighted by molar-refractivity contribution is -0.118. The minimum Gasteiger partial charge on any atom is -0.391 e. The standard InChI is InChI=1S/C6H13NO4/c1-3(9)6(11)5(7)4(10)2-8/h2-6,9-11H,7H2,1H3/t3-,4+,5+,6-/m1/s1. The van der Waals surface area contributed by atoms with Crippen LogP contribution in [-0.4, -0.2) is 46.0 Å². The topological polar surface area (TPSA) is 104 Å². The molecule has 0 bridgehead atoms. The maximum Gasteiger partial charge on any atom is 0.150 e. The first-order chi connectivity index (χ1) is 5.00. The summed E-state index contributed by atoms with van der Waals surface area (Å²) in [5, 5.41) is 26.6. The van der Waals surface area contributed by atoms with E-state index in [9.17, 15) is 4.79 Å². The van der Waals surface area contributed by atoms with Crippen LogP contribution >= 0.6 is 0 Å². The largest absolute Gasteiger partial charge is 0.391 e. The molecule has 0 aliphatic carbocycles. The highest BCUT2D eigenvalue weighted by molar-refractivity contribution is 5.57. The molecule has 5 N–H and O–H groups in total. The number of carbonyl (C=O) groups excluding carboxylic acids is 1. The van der Waals surface area contributed by atoms with Crippen molar-refractivity contribution in [3.05, 3.63) is 0 Å². The fourth-order valence-corrected chi connectivity index (χ4v) is 0.614. The number of hydrogen-bond acceptors (Lipinski definition) is 5. The highest BCUT2D eigenvalue weighted by Crippen LogP contribution is 2.00. The highest BCUT2D eigenvalue weighted by Gasteiger charge is 2.25. The van der Waals surface area contributed by atoms with Crippen molar-refractivity contribution < 1.29 is 20.1 Å². The Morgan fingerprint density at radius 1 is 1.36 bits per heavy atom. The summed E-state index contributed by atoms with van der Waals surface area (Å²) >= 11 is 0. The van der Waals surface area contributed by atoms with Gasteiger partial charge in [-0.05, 0) is 6.92 Å². The molecule has 0 radical (unpaired) electrons. The van der Waals surface area contributed by atoms with Gasteiger partial charge < -0.3 is 25.8 Å². The van der Waals surface area contributed by atoms with E-state index in [-0.39, 0.29) is 6.29 Å². The predicted octanol–water partition coefficient (Wildman–Crippen LogP) is -2.38. The normalized spacial score (nSPS) is 21.9. The Bertz CT molecular complexity index is 128. The smallest absolute Gasteiger partial charge is 0.150 e. The van der Waals surface area contributed by atoms with E-state index in [1.165, 1.54) is 6.92 Å². The molecular weight excluding hydrogens is 150 g/mol. The molecule has 0 saturated heterocycles. The Kier molecular flexibility index (Phi) is 4.20. The third-order valence-electron chi connectivity index (χ3n) is 1.42. The minimum atomic E-state index is -1.43. The zero-order valence-corrected chi connectivity index (χ0v) is 6.21. The van der Waals surface area contributed by atoms with Crippen LogP contribution in [0.25, 0.3) is 0 Å². The third kappa shape index (κ3) is 2.94. The van der Waals surface area contributed by atoms with Crippen molar-refractivity contribution in [1.82, 2.24) is 0 Å². The van der Waals surface area contributed by atoms with Crippen molar-refractivity contribution in [3.63, 3.8) is 0 Å². The second kappa shape index (κ2) is 4.40. The Morgan fingerprint density at radius 3 is 2.09 bits per heavy atom. The maximum atomic E-state index is 9.95. The second-order valence-corrected chi connectivity index (χ2v) is 2.44. The van der Waals surface area contributed by atoms with Gasteiger partial charge in [0.15, 0.2) is 0 Å². The molecule has 4 atom stereocenters. The van der Waals surface area contributed by atoms with E-state index in [4.69, 9.17) is 21.1 Å². The van der Waals surface area contributed by atoms with Crippen LogP contribution in [-0.2, 0) is 4.79 Å². The quantitative estimate of drug-likeness (QED) is 0.346. The van der Waals surface area contributed by atoms with E-state index in [1.807, 2.05) is 0 Å². The zero-order valence-electron chi connectivity index (χ0n) is 6.21. The van der Waals surface area contributed by atoms with E-state index in [1.54, 1.807) is 0 Å². The molecule has 0 aromatic carbocycles. The summed E-state index contributed by atoms with van der Waals surface area (Å²) in [6, 6.07) is -1.13. The van der Waals surface area contributed by atoms with Gasteiger partial charge in [0.05, 0.1) is 18.2 Å². The first kappa shape index (κ1) is 10.5. The molecule has 0 aliphatic rings. The molecule has 0 rings (SSSR count). The fraction of sp³-hybridized carbons (Fsp3) is 0.833. The molecule has 0 amide bonds. The summed E-state index contributed by atoms with van der Waals surface area (Å²) in [4.78, 5) is 9.95. The van der Waals surface area contributed by atoms with E-state index < -0.39 is 24.4 Å². The summed E-state index contributed by atoms with van der Waals surface area (Å²) in [6.07, 6.45) is -3.55. The summed E-state index contributed by atoms with van der Waals surface area (Å²) in [5.41, 5.74) is 5.18. The molecule has 0 aromatic heterocycles. The molecule has 0 saturated carbocycles. The van der Waals surface area contributed by atoms with Crippen LogP contribution in [0.3, 0.4) is 0 Å². The Morgan fingerprint density at radius 2 is 1.82 bits per heavy atom. The molecule has 0 spiro atoms. The Labute approximate surface area is 64.4 Å². The van der Waals surface area contributed by atoms with E-state index >= 15 is 0 Å². The SMILES string of the molecule is C[C@@H](O)[C@@H](O)[C@@H](N)[C@@H](O)C=O. The number of rotatable bonds is 4. The molecule has 0 unspecified atom stereocenters. The van der Waals surface area contributed by atoms with Gasteiger partial charge in [0.1, 0.15) is 12.4 Å². The van der Waals surface area contributed by atoms with Gasteiger partial charge in [0.25, 0.3) is 0 Å². The molecular formula is C6H13NO4. The number of aliphatic hydroxyl groups is 3. The van der Waals surface area contributed by atoms with E-state index in [0.717, 1.165) is 0 Å². The van der Waals surface area contributed by atoms with Crippen molar-refractivity contribution in [2.75, 3.05) is 0 Å². The van der Waals surface area contributed by atoms with Gasteiger partial charge in [0.2, 0.25) is 0 Å². The average Bonchev–Trinajstić information content (AvgIpc) is 2.00. The minimum absolute atomic E-state index is 0.219. The summed E-state index contributed by atoms with van der Waals surface area (Å²) in [7, 11) is 0.